The summed E-state index contributed by atoms with van der Waals surface area (Å²) in [6.07, 6.45) is 11.9. The van der Waals surface area contributed by atoms with E-state index in [0.717, 1.165) is 30.0 Å². The molecule has 0 aromatic heterocycles. The largest absolute Gasteiger partial charge is 0.312 e. The fourth-order valence-electron chi connectivity index (χ4n) is 6.42. The van der Waals surface area contributed by atoms with Crippen LogP contribution in [0.5, 0.6) is 0 Å². The molecule has 196 valence electrons. The van der Waals surface area contributed by atoms with E-state index >= 15 is 0 Å². The lowest BCUT2D eigenvalue weighted by Crippen LogP contribution is -2.39. The van der Waals surface area contributed by atoms with Gasteiger partial charge in [0.15, 0.2) is 0 Å². The number of nitrogens with zero attached hydrogens (tertiary/aromatic N) is 2. The highest BCUT2D eigenvalue weighted by molar-refractivity contribution is 6.08. The van der Waals surface area contributed by atoms with Crippen molar-refractivity contribution in [3.63, 3.8) is 0 Å². The Kier molecular flexibility index (Phi) is 10.4. The number of anilines is 1. The maximum Gasteiger partial charge on any atom is 0.234 e. The Hall–Kier alpha value is -1.68. The molecule has 0 unspecified atom stereocenters. The average Bonchev–Trinajstić information content (AvgIpc) is 2.83. The van der Waals surface area contributed by atoms with Crippen LogP contribution in [0.3, 0.4) is 0 Å². The van der Waals surface area contributed by atoms with Crippen LogP contribution in [0, 0.1) is 23.2 Å². The zero-order valence-electron chi connectivity index (χ0n) is 23.2. The summed E-state index contributed by atoms with van der Waals surface area (Å²) in [5.74, 6) is 2.84. The Balaban J connectivity index is 0.00000167. The molecule has 0 bridgehead atoms. The summed E-state index contributed by atoms with van der Waals surface area (Å²) in [5, 5.41) is 0. The quantitative estimate of drug-likeness (QED) is 0.401. The van der Waals surface area contributed by atoms with Gasteiger partial charge in [0.2, 0.25) is 5.91 Å². The van der Waals surface area contributed by atoms with Gasteiger partial charge in [-0.3, -0.25) is 14.5 Å². The second-order valence-electron chi connectivity index (χ2n) is 12.3. The second-order valence-corrected chi connectivity index (χ2v) is 12.3. The molecule has 2 aliphatic heterocycles. The topological polar surface area (TPSA) is 40.6 Å². The first-order valence-corrected chi connectivity index (χ1v) is 14.4. The number of hydrogen-bond donors (Lipinski definition) is 0. The first-order chi connectivity index (χ1) is 16.7. The first kappa shape index (κ1) is 27.9. The van der Waals surface area contributed by atoms with Crippen LogP contribution >= 0.6 is 0 Å². The van der Waals surface area contributed by atoms with Gasteiger partial charge in [-0.25, -0.2) is 0 Å². The van der Waals surface area contributed by atoms with Gasteiger partial charge in [-0.15, -0.1) is 0 Å². The summed E-state index contributed by atoms with van der Waals surface area (Å²) in [6, 6.07) is 8.40. The van der Waals surface area contributed by atoms with Crippen LogP contribution < -0.4 is 4.90 Å². The molecule has 3 fully saturated rings. The van der Waals surface area contributed by atoms with Gasteiger partial charge in [-0.2, -0.15) is 0 Å². The average molecular weight is 483 g/mol. The molecule has 3 aliphatic rings. The Morgan fingerprint density at radius 1 is 0.800 bits per heavy atom. The molecule has 0 atom stereocenters. The van der Waals surface area contributed by atoms with Gasteiger partial charge >= 0.3 is 0 Å². The van der Waals surface area contributed by atoms with Gasteiger partial charge in [0, 0.05) is 25.2 Å². The van der Waals surface area contributed by atoms with Gasteiger partial charge in [-0.1, -0.05) is 72.4 Å². The number of amides is 1. The number of Topliss-reactive ketones (excluding diaryl/α,β-unsaturated/α-hetero) is 1. The van der Waals surface area contributed by atoms with E-state index in [4.69, 9.17) is 0 Å². The van der Waals surface area contributed by atoms with E-state index in [9.17, 15) is 9.59 Å². The lowest BCUT2D eigenvalue weighted by Gasteiger charge is -2.37. The van der Waals surface area contributed by atoms with E-state index in [-0.39, 0.29) is 18.1 Å². The molecule has 4 nitrogen and oxygen atoms in total. The third-order valence-electron chi connectivity index (χ3n) is 8.16. The summed E-state index contributed by atoms with van der Waals surface area (Å²) in [4.78, 5) is 28.0. The molecule has 35 heavy (non-hydrogen) atoms. The predicted molar refractivity (Wildman–Crippen MR) is 147 cm³/mol. The molecular weight excluding hydrogens is 432 g/mol. The monoisotopic (exact) mass is 482 g/mol. The van der Waals surface area contributed by atoms with Crippen molar-refractivity contribution in [3.05, 3.63) is 29.8 Å². The van der Waals surface area contributed by atoms with Crippen molar-refractivity contribution < 1.29 is 9.59 Å². The summed E-state index contributed by atoms with van der Waals surface area (Å²) in [5.41, 5.74) is 2.72. The van der Waals surface area contributed by atoms with Gasteiger partial charge in [0.1, 0.15) is 5.78 Å². The Bertz CT molecular complexity index is 794. The lowest BCUT2D eigenvalue weighted by molar-refractivity contribution is -0.128. The smallest absolute Gasteiger partial charge is 0.234 e. The molecule has 1 saturated carbocycles. The van der Waals surface area contributed by atoms with Crippen LogP contribution in [0.25, 0.3) is 0 Å². The summed E-state index contributed by atoms with van der Waals surface area (Å²) >= 11 is 0. The zero-order valence-corrected chi connectivity index (χ0v) is 23.2. The third-order valence-corrected chi connectivity index (χ3v) is 8.16. The number of rotatable bonds is 6. The van der Waals surface area contributed by atoms with Crippen molar-refractivity contribution in [1.82, 2.24) is 4.90 Å². The van der Waals surface area contributed by atoms with Crippen LogP contribution in [0.15, 0.2) is 24.3 Å². The number of piperidine rings is 2. The SMILES string of the molecule is CC.CC(C)(C)CC1CCC(CC2CCN(Cc3ccc(N4CCC(=O)CC4=O)cc3)CC2)CC1. The van der Waals surface area contributed by atoms with E-state index in [2.05, 4.69) is 37.8 Å². The highest BCUT2D eigenvalue weighted by Crippen LogP contribution is 2.39. The molecule has 2 saturated heterocycles. The third kappa shape index (κ3) is 8.74. The number of benzene rings is 1. The van der Waals surface area contributed by atoms with Gasteiger partial charge in [-0.05, 0) is 79.6 Å². The molecule has 0 N–H and O–H groups in total. The van der Waals surface area contributed by atoms with Crippen LogP contribution in [0.2, 0.25) is 0 Å². The van der Waals surface area contributed by atoms with Crippen molar-refractivity contribution in [3.8, 4) is 0 Å². The van der Waals surface area contributed by atoms with E-state index in [1.165, 1.54) is 70.0 Å². The van der Waals surface area contributed by atoms with Crippen molar-refractivity contribution in [1.29, 1.82) is 0 Å². The first-order valence-electron chi connectivity index (χ1n) is 14.4. The van der Waals surface area contributed by atoms with Crippen molar-refractivity contribution >= 4 is 17.4 Å². The van der Waals surface area contributed by atoms with E-state index in [1.54, 1.807) is 4.90 Å². The van der Waals surface area contributed by atoms with Crippen molar-refractivity contribution in [2.75, 3.05) is 24.5 Å². The summed E-state index contributed by atoms with van der Waals surface area (Å²) < 4.78 is 0. The maximum absolute atomic E-state index is 12.1. The summed E-state index contributed by atoms with van der Waals surface area (Å²) in [6.45, 7) is 15.1. The molecule has 0 spiro atoms. The van der Waals surface area contributed by atoms with Gasteiger partial charge in [0.25, 0.3) is 0 Å². The molecule has 0 radical (unpaired) electrons. The molecule has 1 aromatic carbocycles. The van der Waals surface area contributed by atoms with E-state index < -0.39 is 0 Å². The van der Waals surface area contributed by atoms with E-state index in [1.807, 2.05) is 26.0 Å². The van der Waals surface area contributed by atoms with Crippen LogP contribution in [0.1, 0.15) is 104 Å². The van der Waals surface area contributed by atoms with Crippen LogP contribution in [-0.4, -0.2) is 36.2 Å². The van der Waals surface area contributed by atoms with Crippen molar-refractivity contribution in [2.45, 2.75) is 105 Å². The number of likely N-dealkylation sites (tertiary alicyclic amines) is 1. The highest BCUT2D eigenvalue weighted by Gasteiger charge is 2.28. The number of hydrogen-bond acceptors (Lipinski definition) is 3. The number of carbonyl (C=O) groups is 2. The van der Waals surface area contributed by atoms with Gasteiger partial charge in [0.05, 0.1) is 6.42 Å². The Morgan fingerprint density at radius 3 is 1.94 bits per heavy atom. The molecule has 1 aromatic rings. The van der Waals surface area contributed by atoms with Crippen LogP contribution in [0.4, 0.5) is 5.69 Å². The zero-order chi connectivity index (χ0) is 25.4. The minimum Gasteiger partial charge on any atom is -0.312 e. The Morgan fingerprint density at radius 2 is 1.37 bits per heavy atom. The fourth-order valence-corrected chi connectivity index (χ4v) is 6.42. The molecule has 4 rings (SSSR count). The molecule has 4 heteroatoms. The Labute approximate surface area is 214 Å². The summed E-state index contributed by atoms with van der Waals surface area (Å²) in [7, 11) is 0. The fraction of sp³-hybridized carbons (Fsp3) is 0.742. The highest BCUT2D eigenvalue weighted by atomic mass is 16.2. The normalized spacial score (nSPS) is 24.8. The minimum atomic E-state index is -0.0660. The lowest BCUT2D eigenvalue weighted by atomic mass is 9.72. The molecule has 1 aliphatic carbocycles. The molecule has 1 amide bonds. The maximum atomic E-state index is 12.1. The van der Waals surface area contributed by atoms with Gasteiger partial charge < -0.3 is 4.90 Å². The second kappa shape index (κ2) is 13.0. The number of carbonyl (C=O) groups excluding carboxylic acids is 2. The van der Waals surface area contributed by atoms with E-state index in [0.29, 0.717) is 18.4 Å². The predicted octanol–water partition coefficient (Wildman–Crippen LogP) is 7.25. The minimum absolute atomic E-state index is 0.0506. The molecule has 2 heterocycles. The standard InChI is InChI=1S/C29H44N2O2.C2H6/c1-29(2,3)20-24-6-4-22(5-7-24)18-23-12-15-30(16-13-23)21-25-8-10-26(11-9-25)31-17-14-27(32)19-28(31)33;1-2/h8-11,22-24H,4-7,12-21H2,1-3H3;1-2H3. The molecular formula is C31H50N2O2. The van der Waals surface area contributed by atoms with Crippen molar-refractivity contribution in [2.24, 2.45) is 23.2 Å². The van der Waals surface area contributed by atoms with Crippen LogP contribution in [-0.2, 0) is 16.1 Å². The number of ketones is 1.